The van der Waals surface area contributed by atoms with Crippen molar-refractivity contribution in [2.45, 2.75) is 0 Å². The number of nitro benzene ring substituents is 1. The fourth-order valence-corrected chi connectivity index (χ4v) is 2.36. The Kier molecular flexibility index (Phi) is 4.57. The van der Waals surface area contributed by atoms with E-state index in [4.69, 9.17) is 15.2 Å². The zero-order chi connectivity index (χ0) is 18.7. The van der Waals surface area contributed by atoms with E-state index in [1.165, 1.54) is 20.3 Å². The van der Waals surface area contributed by atoms with Gasteiger partial charge in [-0.05, 0) is 11.6 Å². The molecule has 1 heterocycles. The number of nitrogens with one attached hydrogen (secondary N) is 1. The van der Waals surface area contributed by atoms with Crippen LogP contribution in [0.1, 0.15) is 11.1 Å². The Morgan fingerprint density at radius 3 is 2.32 bits per heavy atom. The van der Waals surface area contributed by atoms with Gasteiger partial charge in [-0.2, -0.15) is 10.5 Å². The molecular formula is C15H11N5O5. The molecule has 2 rings (SSSR count). The van der Waals surface area contributed by atoms with Crippen molar-refractivity contribution in [3.8, 4) is 34.8 Å². The first kappa shape index (κ1) is 17.3. The van der Waals surface area contributed by atoms with Gasteiger partial charge in [0.2, 0.25) is 5.75 Å². The predicted octanol–water partition coefficient (Wildman–Crippen LogP) is 1.29. The van der Waals surface area contributed by atoms with E-state index in [2.05, 4.69) is 4.98 Å². The smallest absolute Gasteiger partial charge is 0.315 e. The third kappa shape index (κ3) is 2.80. The second-order valence-electron chi connectivity index (χ2n) is 4.70. The third-order valence-electron chi connectivity index (χ3n) is 3.41. The van der Waals surface area contributed by atoms with Crippen LogP contribution in [0.25, 0.3) is 11.1 Å². The number of aromatic nitrogens is 1. The van der Waals surface area contributed by atoms with Crippen molar-refractivity contribution in [1.82, 2.24) is 4.98 Å². The van der Waals surface area contributed by atoms with Crippen LogP contribution in [-0.2, 0) is 0 Å². The summed E-state index contributed by atoms with van der Waals surface area (Å²) in [6, 6.07) is 5.88. The number of nitrogens with zero attached hydrogens (tertiary/aromatic N) is 3. The molecule has 0 amide bonds. The first-order valence-corrected chi connectivity index (χ1v) is 6.66. The number of nitrogens with two attached hydrogens (primary N) is 1. The molecule has 126 valence electrons. The minimum absolute atomic E-state index is 0.00154. The number of H-pyrrole nitrogens is 1. The van der Waals surface area contributed by atoms with Crippen LogP contribution < -0.4 is 20.8 Å². The normalized spacial score (nSPS) is 9.76. The summed E-state index contributed by atoms with van der Waals surface area (Å²) < 4.78 is 10.1. The van der Waals surface area contributed by atoms with Crippen LogP contribution >= 0.6 is 0 Å². The van der Waals surface area contributed by atoms with Gasteiger partial charge in [0, 0.05) is 11.6 Å². The maximum Gasteiger partial charge on any atom is 0.315 e. The highest BCUT2D eigenvalue weighted by Crippen LogP contribution is 2.42. The zero-order valence-corrected chi connectivity index (χ0v) is 13.1. The molecular weight excluding hydrogens is 330 g/mol. The number of hydrogen-bond donors (Lipinski definition) is 2. The summed E-state index contributed by atoms with van der Waals surface area (Å²) >= 11 is 0. The molecule has 25 heavy (non-hydrogen) atoms. The Balaban J connectivity index is 3.01. The zero-order valence-electron chi connectivity index (χ0n) is 13.1. The summed E-state index contributed by atoms with van der Waals surface area (Å²) in [6.45, 7) is 0. The Labute approximate surface area is 140 Å². The molecule has 1 aromatic heterocycles. The number of nitriles is 2. The topological polar surface area (TPSA) is 168 Å². The lowest BCUT2D eigenvalue weighted by Crippen LogP contribution is -2.16. The second kappa shape index (κ2) is 6.60. The van der Waals surface area contributed by atoms with Crippen LogP contribution in [0.15, 0.2) is 16.9 Å². The average molecular weight is 341 g/mol. The number of pyridine rings is 1. The van der Waals surface area contributed by atoms with Gasteiger partial charge in [-0.15, -0.1) is 0 Å². The number of nitro groups is 1. The standard InChI is InChI=1S/C15H11N5O5/c1-24-11-4-7(3-10(20(22)23)13(11)25-2)12-8(5-16)14(18)19-15(21)9(12)6-17/h3-4H,1-2H3,(H3,18,19,21). The van der Waals surface area contributed by atoms with E-state index in [1.54, 1.807) is 12.1 Å². The van der Waals surface area contributed by atoms with E-state index in [0.717, 1.165) is 6.07 Å². The lowest BCUT2D eigenvalue weighted by atomic mass is 9.95. The highest BCUT2D eigenvalue weighted by molar-refractivity contribution is 5.83. The van der Waals surface area contributed by atoms with Crippen molar-refractivity contribution in [2.75, 3.05) is 20.0 Å². The van der Waals surface area contributed by atoms with E-state index < -0.39 is 21.7 Å². The number of methoxy groups -OCH3 is 2. The number of hydrogen-bond acceptors (Lipinski definition) is 8. The van der Waals surface area contributed by atoms with Crippen LogP contribution in [0.3, 0.4) is 0 Å². The molecule has 3 N–H and O–H groups in total. The fourth-order valence-electron chi connectivity index (χ4n) is 2.36. The van der Waals surface area contributed by atoms with Crippen LogP contribution in [0.4, 0.5) is 11.5 Å². The molecule has 0 bridgehead atoms. The Morgan fingerprint density at radius 2 is 1.84 bits per heavy atom. The minimum atomic E-state index is -0.813. The SMILES string of the molecule is COc1cc(-c2c(C#N)c(N)[nH]c(=O)c2C#N)cc([N+](=O)[O-])c1OC. The van der Waals surface area contributed by atoms with E-state index in [0.29, 0.717) is 0 Å². The number of ether oxygens (including phenoxy) is 2. The maximum atomic E-state index is 12.0. The number of nitrogen functional groups attached to an aromatic ring is 1. The Hall–Kier alpha value is -4.05. The second-order valence-corrected chi connectivity index (χ2v) is 4.70. The van der Waals surface area contributed by atoms with Gasteiger partial charge in [-0.25, -0.2) is 0 Å². The molecule has 0 aliphatic heterocycles. The molecule has 0 aliphatic rings. The van der Waals surface area contributed by atoms with Gasteiger partial charge < -0.3 is 20.2 Å². The molecule has 0 spiro atoms. The van der Waals surface area contributed by atoms with Crippen molar-refractivity contribution >= 4 is 11.5 Å². The minimum Gasteiger partial charge on any atom is -0.493 e. The first-order chi connectivity index (χ1) is 11.9. The summed E-state index contributed by atoms with van der Waals surface area (Å²) in [5.41, 5.74) is 3.73. The lowest BCUT2D eigenvalue weighted by molar-refractivity contribution is -0.385. The van der Waals surface area contributed by atoms with Gasteiger partial charge in [0.05, 0.1) is 19.1 Å². The van der Waals surface area contributed by atoms with Gasteiger partial charge in [-0.3, -0.25) is 14.9 Å². The first-order valence-electron chi connectivity index (χ1n) is 6.66. The van der Waals surface area contributed by atoms with Gasteiger partial charge in [0.25, 0.3) is 5.56 Å². The summed E-state index contributed by atoms with van der Waals surface area (Å²) in [5.74, 6) is -0.386. The highest BCUT2D eigenvalue weighted by Gasteiger charge is 2.26. The Morgan fingerprint density at radius 1 is 1.20 bits per heavy atom. The van der Waals surface area contributed by atoms with Crippen molar-refractivity contribution in [3.05, 3.63) is 43.7 Å². The molecule has 0 unspecified atom stereocenters. The molecule has 10 heteroatoms. The molecule has 0 fully saturated rings. The third-order valence-corrected chi connectivity index (χ3v) is 3.41. The quantitative estimate of drug-likeness (QED) is 0.619. The molecule has 0 radical (unpaired) electrons. The van der Waals surface area contributed by atoms with Crippen LogP contribution in [-0.4, -0.2) is 24.1 Å². The van der Waals surface area contributed by atoms with Gasteiger partial charge in [-0.1, -0.05) is 0 Å². The number of anilines is 1. The van der Waals surface area contributed by atoms with E-state index in [9.17, 15) is 25.4 Å². The van der Waals surface area contributed by atoms with Gasteiger partial charge in [0.1, 0.15) is 29.1 Å². The van der Waals surface area contributed by atoms with Crippen molar-refractivity contribution < 1.29 is 14.4 Å². The number of aromatic amines is 1. The summed E-state index contributed by atoms with van der Waals surface area (Å²) in [7, 11) is 2.51. The molecule has 0 atom stereocenters. The summed E-state index contributed by atoms with van der Waals surface area (Å²) in [4.78, 5) is 24.8. The van der Waals surface area contributed by atoms with Gasteiger partial charge in [0.15, 0.2) is 5.75 Å². The summed E-state index contributed by atoms with van der Waals surface area (Å²) in [5, 5.41) is 29.9. The monoisotopic (exact) mass is 341 g/mol. The number of benzene rings is 1. The van der Waals surface area contributed by atoms with Crippen LogP contribution in [0.2, 0.25) is 0 Å². The molecule has 0 aliphatic carbocycles. The highest BCUT2D eigenvalue weighted by atomic mass is 16.6. The molecule has 10 nitrogen and oxygen atoms in total. The van der Waals surface area contributed by atoms with Crippen molar-refractivity contribution in [2.24, 2.45) is 0 Å². The van der Waals surface area contributed by atoms with Crippen molar-refractivity contribution in [1.29, 1.82) is 10.5 Å². The van der Waals surface area contributed by atoms with E-state index >= 15 is 0 Å². The largest absolute Gasteiger partial charge is 0.493 e. The van der Waals surface area contributed by atoms with Gasteiger partial charge >= 0.3 is 5.69 Å². The number of rotatable bonds is 4. The van der Waals surface area contributed by atoms with Crippen LogP contribution in [0.5, 0.6) is 11.5 Å². The summed E-state index contributed by atoms with van der Waals surface area (Å²) in [6.07, 6.45) is 0. The maximum absolute atomic E-state index is 12.0. The van der Waals surface area contributed by atoms with E-state index in [-0.39, 0.29) is 34.0 Å². The van der Waals surface area contributed by atoms with Crippen LogP contribution in [0, 0.1) is 32.8 Å². The molecule has 0 saturated carbocycles. The molecule has 0 saturated heterocycles. The van der Waals surface area contributed by atoms with Crippen molar-refractivity contribution in [3.63, 3.8) is 0 Å². The lowest BCUT2D eigenvalue weighted by Gasteiger charge is -2.13. The predicted molar refractivity (Wildman–Crippen MR) is 86.1 cm³/mol. The molecule has 1 aromatic carbocycles. The average Bonchev–Trinajstić information content (AvgIpc) is 2.59. The Bertz CT molecular complexity index is 1010. The fraction of sp³-hybridized carbons (Fsp3) is 0.133. The molecule has 2 aromatic rings. The van der Waals surface area contributed by atoms with E-state index in [1.807, 2.05) is 0 Å².